The lowest BCUT2D eigenvalue weighted by Gasteiger charge is -2.06. The van der Waals surface area contributed by atoms with Gasteiger partial charge in [-0.05, 0) is 43.2 Å². The smallest absolute Gasteiger partial charge is 0.146 e. The van der Waals surface area contributed by atoms with Crippen molar-refractivity contribution >= 4 is 61.8 Å². The van der Waals surface area contributed by atoms with E-state index in [1.54, 1.807) is 18.2 Å². The van der Waals surface area contributed by atoms with Gasteiger partial charge in [-0.2, -0.15) is 0 Å². The Bertz CT molecular complexity index is 849. The number of rotatable bonds is 6. The zero-order chi connectivity index (χ0) is 17.1. The number of hydrogen-bond acceptors (Lipinski definition) is 2. The first-order chi connectivity index (χ1) is 11.6. The number of aromatic nitrogens is 2. The molecule has 1 heterocycles. The van der Waals surface area contributed by atoms with E-state index >= 15 is 0 Å². The van der Waals surface area contributed by atoms with Crippen LogP contribution in [0.5, 0.6) is 5.75 Å². The molecule has 0 saturated heterocycles. The van der Waals surface area contributed by atoms with Crippen LogP contribution in [0.1, 0.15) is 17.8 Å². The standard InChI is InChI=1S/C17H14BrCl3N2O/c18-7-1-2-12-16(21)13(20)8-14-17(12)23-15(22-14)9-24-11-5-3-10(19)4-6-11/h3-6,8H,1-2,7,9H2,(H,22,23). The summed E-state index contributed by atoms with van der Waals surface area (Å²) in [6, 6.07) is 9.01. The van der Waals surface area contributed by atoms with Crippen LogP contribution in [0.4, 0.5) is 0 Å². The number of ether oxygens (including phenoxy) is 1. The van der Waals surface area contributed by atoms with Crippen molar-refractivity contribution in [1.82, 2.24) is 9.97 Å². The summed E-state index contributed by atoms with van der Waals surface area (Å²) in [5.41, 5.74) is 2.68. The minimum atomic E-state index is 0.323. The fraction of sp³-hybridized carbons (Fsp3) is 0.235. The van der Waals surface area contributed by atoms with Crippen LogP contribution in [0.3, 0.4) is 0 Å². The molecular weight excluding hydrogens is 434 g/mol. The van der Waals surface area contributed by atoms with Crippen molar-refractivity contribution in [2.45, 2.75) is 19.4 Å². The van der Waals surface area contributed by atoms with E-state index in [0.29, 0.717) is 21.7 Å². The van der Waals surface area contributed by atoms with Gasteiger partial charge in [0.1, 0.15) is 18.2 Å². The predicted octanol–water partition coefficient (Wildman–Crippen LogP) is 6.43. The molecular formula is C17H14BrCl3N2O. The molecule has 2 aromatic carbocycles. The number of H-pyrrole nitrogens is 1. The Labute approximate surface area is 163 Å². The van der Waals surface area contributed by atoms with Gasteiger partial charge in [-0.15, -0.1) is 0 Å². The first-order valence-corrected chi connectivity index (χ1v) is 9.64. The number of alkyl halides is 1. The lowest BCUT2D eigenvalue weighted by molar-refractivity contribution is 0.297. The summed E-state index contributed by atoms with van der Waals surface area (Å²) in [5.74, 6) is 1.45. The summed E-state index contributed by atoms with van der Waals surface area (Å²) in [7, 11) is 0. The van der Waals surface area contributed by atoms with Crippen LogP contribution < -0.4 is 4.74 Å². The van der Waals surface area contributed by atoms with E-state index in [9.17, 15) is 0 Å². The second-order valence-electron chi connectivity index (χ2n) is 5.27. The normalized spacial score (nSPS) is 11.2. The van der Waals surface area contributed by atoms with Crippen molar-refractivity contribution in [1.29, 1.82) is 0 Å². The van der Waals surface area contributed by atoms with Crippen molar-refractivity contribution < 1.29 is 4.74 Å². The second kappa shape index (κ2) is 7.96. The van der Waals surface area contributed by atoms with Gasteiger partial charge in [0, 0.05) is 15.9 Å². The molecule has 3 rings (SSSR count). The fourth-order valence-corrected chi connectivity index (χ4v) is 3.30. The number of benzene rings is 2. The third-order valence-electron chi connectivity index (χ3n) is 3.56. The maximum atomic E-state index is 6.36. The molecule has 24 heavy (non-hydrogen) atoms. The molecule has 0 saturated carbocycles. The zero-order valence-corrected chi connectivity index (χ0v) is 16.4. The van der Waals surface area contributed by atoms with Crippen LogP contribution in [0, 0.1) is 0 Å². The number of nitrogens with zero attached hydrogens (tertiary/aromatic N) is 1. The molecule has 0 aliphatic carbocycles. The molecule has 0 aliphatic rings. The summed E-state index contributed by atoms with van der Waals surface area (Å²) in [5, 5.41) is 2.67. The van der Waals surface area contributed by atoms with Gasteiger partial charge in [0.25, 0.3) is 0 Å². The van der Waals surface area contributed by atoms with Crippen LogP contribution in [0.2, 0.25) is 15.1 Å². The monoisotopic (exact) mass is 446 g/mol. The lowest BCUT2D eigenvalue weighted by atomic mass is 10.1. The summed E-state index contributed by atoms with van der Waals surface area (Å²) in [6.07, 6.45) is 1.77. The summed E-state index contributed by atoms with van der Waals surface area (Å²) < 4.78 is 5.73. The molecule has 7 heteroatoms. The third kappa shape index (κ3) is 3.99. The Morgan fingerprint density at radius 3 is 2.58 bits per heavy atom. The van der Waals surface area contributed by atoms with E-state index in [2.05, 4.69) is 25.9 Å². The van der Waals surface area contributed by atoms with Crippen molar-refractivity contribution in [3.8, 4) is 5.75 Å². The molecule has 0 atom stereocenters. The van der Waals surface area contributed by atoms with Crippen LogP contribution in [-0.4, -0.2) is 15.3 Å². The number of hydrogen-bond donors (Lipinski definition) is 1. The number of fused-ring (bicyclic) bond motifs is 1. The lowest BCUT2D eigenvalue weighted by Crippen LogP contribution is -1.97. The van der Waals surface area contributed by atoms with Gasteiger partial charge in [-0.3, -0.25) is 0 Å². The Hall–Kier alpha value is -0.940. The van der Waals surface area contributed by atoms with Crippen molar-refractivity contribution in [2.75, 3.05) is 5.33 Å². The zero-order valence-electron chi connectivity index (χ0n) is 12.6. The molecule has 0 bridgehead atoms. The Morgan fingerprint density at radius 2 is 1.88 bits per heavy atom. The van der Waals surface area contributed by atoms with Crippen LogP contribution in [-0.2, 0) is 13.0 Å². The highest BCUT2D eigenvalue weighted by atomic mass is 79.9. The minimum absolute atomic E-state index is 0.323. The largest absolute Gasteiger partial charge is 0.486 e. The van der Waals surface area contributed by atoms with E-state index in [1.165, 1.54) is 0 Å². The van der Waals surface area contributed by atoms with Gasteiger partial charge < -0.3 is 9.72 Å². The average molecular weight is 449 g/mol. The number of halogens is 4. The fourth-order valence-electron chi connectivity index (χ4n) is 2.43. The Balaban J connectivity index is 1.85. The van der Waals surface area contributed by atoms with Gasteiger partial charge in [0.05, 0.1) is 21.1 Å². The molecule has 3 nitrogen and oxygen atoms in total. The van der Waals surface area contributed by atoms with Gasteiger partial charge in [0.15, 0.2) is 0 Å². The second-order valence-corrected chi connectivity index (χ2v) is 7.28. The van der Waals surface area contributed by atoms with E-state index in [1.807, 2.05) is 12.1 Å². The first-order valence-electron chi connectivity index (χ1n) is 7.38. The molecule has 0 spiro atoms. The molecule has 1 N–H and O–H groups in total. The molecule has 126 valence electrons. The molecule has 1 aromatic heterocycles. The van der Waals surface area contributed by atoms with E-state index < -0.39 is 0 Å². The molecule has 3 aromatic rings. The van der Waals surface area contributed by atoms with Crippen LogP contribution in [0.25, 0.3) is 11.0 Å². The van der Waals surface area contributed by atoms with Crippen LogP contribution in [0.15, 0.2) is 30.3 Å². The Kier molecular flexibility index (Phi) is 5.93. The molecule has 0 fully saturated rings. The predicted molar refractivity (Wildman–Crippen MR) is 104 cm³/mol. The van der Waals surface area contributed by atoms with Crippen molar-refractivity contribution in [2.24, 2.45) is 0 Å². The van der Waals surface area contributed by atoms with Crippen molar-refractivity contribution in [3.05, 3.63) is 56.8 Å². The van der Waals surface area contributed by atoms with E-state index in [0.717, 1.165) is 46.3 Å². The first kappa shape index (κ1) is 17.9. The maximum absolute atomic E-state index is 6.36. The highest BCUT2D eigenvalue weighted by molar-refractivity contribution is 9.09. The summed E-state index contributed by atoms with van der Waals surface area (Å²) in [6.45, 7) is 0.323. The van der Waals surface area contributed by atoms with E-state index in [-0.39, 0.29) is 0 Å². The Morgan fingerprint density at radius 1 is 1.12 bits per heavy atom. The average Bonchev–Trinajstić information content (AvgIpc) is 2.97. The maximum Gasteiger partial charge on any atom is 0.146 e. The van der Waals surface area contributed by atoms with Gasteiger partial charge in [-0.1, -0.05) is 50.7 Å². The topological polar surface area (TPSA) is 37.9 Å². The van der Waals surface area contributed by atoms with Gasteiger partial charge in [0.2, 0.25) is 0 Å². The minimum Gasteiger partial charge on any atom is -0.486 e. The summed E-state index contributed by atoms with van der Waals surface area (Å²) in [4.78, 5) is 7.88. The van der Waals surface area contributed by atoms with Crippen molar-refractivity contribution in [3.63, 3.8) is 0 Å². The molecule has 0 radical (unpaired) electrons. The van der Waals surface area contributed by atoms with Crippen LogP contribution >= 0.6 is 50.7 Å². The third-order valence-corrected chi connectivity index (χ3v) is 5.20. The molecule has 0 aliphatic heterocycles. The number of aromatic amines is 1. The number of imidazole rings is 1. The quantitative estimate of drug-likeness (QED) is 0.441. The summed E-state index contributed by atoms with van der Waals surface area (Å²) >= 11 is 21.9. The van der Waals surface area contributed by atoms with Gasteiger partial charge in [-0.25, -0.2) is 4.98 Å². The SMILES string of the molecule is Clc1ccc(OCc2nc3c(CCCBr)c(Cl)c(Cl)cc3[nH]2)cc1. The number of nitrogens with one attached hydrogen (secondary N) is 1. The van der Waals surface area contributed by atoms with E-state index in [4.69, 9.17) is 39.5 Å². The molecule has 0 unspecified atom stereocenters. The van der Waals surface area contributed by atoms with Gasteiger partial charge >= 0.3 is 0 Å². The molecule has 0 amide bonds. The number of aryl methyl sites for hydroxylation is 1. The highest BCUT2D eigenvalue weighted by Gasteiger charge is 2.15. The highest BCUT2D eigenvalue weighted by Crippen LogP contribution is 2.33.